The predicted octanol–water partition coefficient (Wildman–Crippen LogP) is 1.75. The molecule has 116 valence electrons. The van der Waals surface area contributed by atoms with Crippen molar-refractivity contribution in [2.75, 3.05) is 0 Å². The van der Waals surface area contributed by atoms with Gasteiger partial charge in [0, 0.05) is 28.7 Å². The molecule has 0 unspecified atom stereocenters. The molecule has 0 aliphatic carbocycles. The second-order valence-electron chi connectivity index (χ2n) is 4.47. The maximum Gasteiger partial charge on any atom is 0.243 e. The van der Waals surface area contributed by atoms with E-state index in [-0.39, 0.29) is 17.3 Å². The highest BCUT2D eigenvalue weighted by atomic mass is 79.9. The smallest absolute Gasteiger partial charge is 0.243 e. The normalized spacial score (nSPS) is 12.1. The van der Waals surface area contributed by atoms with E-state index in [9.17, 15) is 8.42 Å². The second-order valence-corrected chi connectivity index (χ2v) is 7.12. The predicted molar refractivity (Wildman–Crippen MR) is 81.5 cm³/mol. The number of nitrogens with zero attached hydrogens (tertiary/aromatic N) is 3. The molecule has 0 saturated carbocycles. The molecule has 0 aliphatic rings. The Balaban J connectivity index is 1.86. The molecule has 0 aliphatic heterocycles. The van der Waals surface area contributed by atoms with Gasteiger partial charge in [0.15, 0.2) is 0 Å². The molecule has 0 spiro atoms. The van der Waals surface area contributed by atoms with Crippen LogP contribution in [0.15, 0.2) is 32.2 Å². The third-order valence-corrected chi connectivity index (χ3v) is 4.85. The molecule has 0 saturated heterocycles. The second kappa shape index (κ2) is 5.78. The van der Waals surface area contributed by atoms with Crippen molar-refractivity contribution in [2.24, 2.45) is 0 Å². The first-order chi connectivity index (χ1) is 10.5. The number of aryl methyl sites for hydroxylation is 1. The number of nitrogens with one attached hydrogen (secondary N) is 2. The standard InChI is InChI=1S/C12H12BrN5O3S/c1-2-10-17-18-11(21-10)6-16-22(19,20)9-5-15-12-8(9)3-7(13)4-14-12/h3-5,16H,2,6H2,1H3,(H,14,15). The lowest BCUT2D eigenvalue weighted by Gasteiger charge is -2.03. The lowest BCUT2D eigenvalue weighted by molar-refractivity contribution is 0.448. The van der Waals surface area contributed by atoms with Gasteiger partial charge in [-0.1, -0.05) is 6.92 Å². The summed E-state index contributed by atoms with van der Waals surface area (Å²) >= 11 is 3.28. The van der Waals surface area contributed by atoms with E-state index in [0.717, 1.165) is 0 Å². The summed E-state index contributed by atoms with van der Waals surface area (Å²) in [6.45, 7) is 1.81. The lowest BCUT2D eigenvalue weighted by atomic mass is 10.3. The van der Waals surface area contributed by atoms with Gasteiger partial charge in [0.2, 0.25) is 21.8 Å². The third-order valence-electron chi connectivity index (χ3n) is 2.97. The molecule has 3 aromatic rings. The number of hydrogen-bond acceptors (Lipinski definition) is 6. The average molecular weight is 386 g/mol. The molecule has 8 nitrogen and oxygen atoms in total. The number of aromatic nitrogens is 4. The van der Waals surface area contributed by atoms with Gasteiger partial charge in [0.1, 0.15) is 10.5 Å². The molecule has 22 heavy (non-hydrogen) atoms. The van der Waals surface area contributed by atoms with Crippen LogP contribution in [0.1, 0.15) is 18.7 Å². The van der Waals surface area contributed by atoms with Gasteiger partial charge in [0.25, 0.3) is 0 Å². The van der Waals surface area contributed by atoms with Crippen molar-refractivity contribution in [2.45, 2.75) is 24.8 Å². The van der Waals surface area contributed by atoms with Gasteiger partial charge in [-0.2, -0.15) is 0 Å². The Hall–Kier alpha value is -1.78. The number of hydrogen-bond donors (Lipinski definition) is 2. The van der Waals surface area contributed by atoms with Crippen molar-refractivity contribution in [1.29, 1.82) is 0 Å². The average Bonchev–Trinajstić information content (AvgIpc) is 3.11. The summed E-state index contributed by atoms with van der Waals surface area (Å²) in [7, 11) is -3.73. The summed E-state index contributed by atoms with van der Waals surface area (Å²) in [4.78, 5) is 7.06. The molecule has 3 heterocycles. The number of fused-ring (bicyclic) bond motifs is 1. The summed E-state index contributed by atoms with van der Waals surface area (Å²) < 4.78 is 33.2. The topological polar surface area (TPSA) is 114 Å². The summed E-state index contributed by atoms with van der Waals surface area (Å²) in [5, 5.41) is 8.06. The zero-order valence-corrected chi connectivity index (χ0v) is 13.9. The fourth-order valence-electron chi connectivity index (χ4n) is 1.91. The third kappa shape index (κ3) is 2.89. The molecule has 2 N–H and O–H groups in total. The molecule has 0 bridgehead atoms. The quantitative estimate of drug-likeness (QED) is 0.691. The fourth-order valence-corrected chi connectivity index (χ4v) is 3.37. The van der Waals surface area contributed by atoms with E-state index < -0.39 is 10.0 Å². The van der Waals surface area contributed by atoms with Crippen LogP contribution in [0.25, 0.3) is 11.0 Å². The highest BCUT2D eigenvalue weighted by Gasteiger charge is 2.20. The van der Waals surface area contributed by atoms with Crippen molar-refractivity contribution in [3.63, 3.8) is 0 Å². The Morgan fingerprint density at radius 3 is 2.86 bits per heavy atom. The first-order valence-corrected chi connectivity index (χ1v) is 8.71. The molecule has 3 rings (SSSR count). The lowest BCUT2D eigenvalue weighted by Crippen LogP contribution is -2.23. The van der Waals surface area contributed by atoms with Gasteiger partial charge in [0.05, 0.1) is 6.54 Å². The summed E-state index contributed by atoms with van der Waals surface area (Å²) in [6, 6.07) is 1.69. The van der Waals surface area contributed by atoms with Gasteiger partial charge in [-0.05, 0) is 22.0 Å². The van der Waals surface area contributed by atoms with Gasteiger partial charge in [-0.15, -0.1) is 10.2 Å². The minimum absolute atomic E-state index is 0.0660. The number of pyridine rings is 1. The van der Waals surface area contributed by atoms with Crippen molar-refractivity contribution < 1.29 is 12.8 Å². The van der Waals surface area contributed by atoms with Crippen LogP contribution in [-0.4, -0.2) is 28.6 Å². The summed E-state index contributed by atoms with van der Waals surface area (Å²) in [5.41, 5.74) is 0.495. The van der Waals surface area contributed by atoms with E-state index in [1.54, 1.807) is 12.3 Å². The van der Waals surface area contributed by atoms with Crippen LogP contribution >= 0.6 is 15.9 Å². The SMILES string of the molecule is CCc1nnc(CNS(=O)(=O)c2c[nH]c3ncc(Br)cc23)o1. The zero-order chi connectivity index (χ0) is 15.7. The molecule has 3 aromatic heterocycles. The maximum atomic E-state index is 12.4. The maximum absolute atomic E-state index is 12.4. The Labute approximate surface area is 134 Å². The zero-order valence-electron chi connectivity index (χ0n) is 11.5. The molecular formula is C12H12BrN5O3S. The molecule has 10 heteroatoms. The van der Waals surface area contributed by atoms with E-state index in [1.807, 2.05) is 6.92 Å². The van der Waals surface area contributed by atoms with Crippen LogP contribution in [0.4, 0.5) is 0 Å². The Kier molecular flexibility index (Phi) is 3.98. The van der Waals surface area contributed by atoms with Crippen LogP contribution in [-0.2, 0) is 23.0 Å². The van der Waals surface area contributed by atoms with Gasteiger partial charge < -0.3 is 9.40 Å². The van der Waals surface area contributed by atoms with Crippen molar-refractivity contribution in [3.8, 4) is 0 Å². The number of halogens is 1. The fraction of sp³-hybridized carbons (Fsp3) is 0.250. The van der Waals surface area contributed by atoms with E-state index in [0.29, 0.717) is 27.8 Å². The molecule has 0 atom stereocenters. The summed E-state index contributed by atoms with van der Waals surface area (Å²) in [5.74, 6) is 0.689. The van der Waals surface area contributed by atoms with E-state index >= 15 is 0 Å². The van der Waals surface area contributed by atoms with Crippen LogP contribution in [0.2, 0.25) is 0 Å². The van der Waals surface area contributed by atoms with Gasteiger partial charge >= 0.3 is 0 Å². The largest absolute Gasteiger partial charge is 0.424 e. The minimum Gasteiger partial charge on any atom is -0.424 e. The van der Waals surface area contributed by atoms with Crippen molar-refractivity contribution >= 4 is 37.0 Å². The van der Waals surface area contributed by atoms with Crippen LogP contribution in [0, 0.1) is 0 Å². The number of aromatic amines is 1. The highest BCUT2D eigenvalue weighted by Crippen LogP contribution is 2.24. The van der Waals surface area contributed by atoms with Gasteiger partial charge in [-0.25, -0.2) is 18.1 Å². The van der Waals surface area contributed by atoms with Crippen LogP contribution in [0.5, 0.6) is 0 Å². The highest BCUT2D eigenvalue weighted by molar-refractivity contribution is 9.10. The first kappa shape index (κ1) is 15.1. The van der Waals surface area contributed by atoms with Crippen molar-refractivity contribution in [1.82, 2.24) is 24.9 Å². The molecule has 0 fully saturated rings. The molecule has 0 aromatic carbocycles. The monoisotopic (exact) mass is 385 g/mol. The molecule has 0 radical (unpaired) electrons. The molecule has 0 amide bonds. The van der Waals surface area contributed by atoms with E-state index in [2.05, 4.69) is 40.8 Å². The van der Waals surface area contributed by atoms with Gasteiger partial charge in [-0.3, -0.25) is 0 Å². The Bertz CT molecular complexity index is 918. The number of H-pyrrole nitrogens is 1. The van der Waals surface area contributed by atoms with Crippen molar-refractivity contribution in [3.05, 3.63) is 34.7 Å². The Morgan fingerprint density at radius 1 is 1.36 bits per heavy atom. The molecular weight excluding hydrogens is 374 g/mol. The number of sulfonamides is 1. The minimum atomic E-state index is -3.73. The number of rotatable bonds is 5. The van der Waals surface area contributed by atoms with Crippen LogP contribution in [0.3, 0.4) is 0 Å². The van der Waals surface area contributed by atoms with E-state index in [4.69, 9.17) is 4.42 Å². The first-order valence-electron chi connectivity index (χ1n) is 6.43. The van der Waals surface area contributed by atoms with E-state index in [1.165, 1.54) is 6.20 Å². The Morgan fingerprint density at radius 2 is 2.14 bits per heavy atom. The van der Waals surface area contributed by atoms with Crippen LogP contribution < -0.4 is 4.72 Å². The summed E-state index contributed by atoms with van der Waals surface area (Å²) in [6.07, 6.45) is 3.59.